The van der Waals surface area contributed by atoms with Crippen LogP contribution in [0.15, 0.2) is 24.5 Å². The van der Waals surface area contributed by atoms with Crippen molar-refractivity contribution < 1.29 is 23.8 Å². The van der Waals surface area contributed by atoms with Crippen molar-refractivity contribution in [3.05, 3.63) is 24.5 Å². The van der Waals surface area contributed by atoms with Crippen LogP contribution < -0.4 is 5.32 Å². The Morgan fingerprint density at radius 2 is 1.77 bits per heavy atom. The molecule has 1 unspecified atom stereocenters. The van der Waals surface area contributed by atoms with E-state index in [1.54, 1.807) is 6.92 Å². The summed E-state index contributed by atoms with van der Waals surface area (Å²) in [6.07, 6.45) is 2.70. The molecule has 0 aromatic carbocycles. The number of carbonyl (C=O) groups excluding carboxylic acids is 2. The van der Waals surface area contributed by atoms with Crippen LogP contribution in [0.3, 0.4) is 0 Å². The van der Waals surface area contributed by atoms with E-state index in [0.29, 0.717) is 24.6 Å². The number of hydrogen-bond acceptors (Lipinski definition) is 5. The van der Waals surface area contributed by atoms with Gasteiger partial charge in [-0.3, -0.25) is 4.79 Å². The predicted octanol–water partition coefficient (Wildman–Crippen LogP) is 4.21. The van der Waals surface area contributed by atoms with Gasteiger partial charge in [-0.25, -0.2) is 4.79 Å². The second-order valence-electron chi connectivity index (χ2n) is 7.48. The Morgan fingerprint density at radius 1 is 1.15 bits per heavy atom. The van der Waals surface area contributed by atoms with E-state index in [-0.39, 0.29) is 24.6 Å². The molecule has 0 aliphatic rings. The van der Waals surface area contributed by atoms with Gasteiger partial charge in [-0.15, -0.1) is 0 Å². The molecule has 26 heavy (non-hydrogen) atoms. The molecule has 0 rings (SSSR count). The highest BCUT2D eigenvalue weighted by molar-refractivity contribution is 5.69. The molecule has 0 saturated carbocycles. The van der Waals surface area contributed by atoms with Crippen LogP contribution in [0.1, 0.15) is 53.4 Å². The van der Waals surface area contributed by atoms with Crippen molar-refractivity contribution >= 4 is 12.1 Å². The summed E-state index contributed by atoms with van der Waals surface area (Å²) in [5.41, 5.74) is 0.686. The van der Waals surface area contributed by atoms with Gasteiger partial charge in [0.15, 0.2) is 0 Å². The van der Waals surface area contributed by atoms with Gasteiger partial charge in [0.25, 0.3) is 0 Å². The molecule has 1 N–H and O–H groups in total. The van der Waals surface area contributed by atoms with Gasteiger partial charge in [-0.1, -0.05) is 40.3 Å². The number of alkyl carbamates (subject to hydrolysis) is 1. The molecule has 1 amide bonds. The van der Waals surface area contributed by atoms with Crippen molar-refractivity contribution in [3.8, 4) is 0 Å². The normalized spacial score (nSPS) is 12.0. The molecule has 0 heterocycles. The highest BCUT2D eigenvalue weighted by Crippen LogP contribution is 2.27. The topological polar surface area (TPSA) is 73.9 Å². The maximum Gasteiger partial charge on any atom is 0.407 e. The number of ether oxygens (including phenoxy) is 3. The van der Waals surface area contributed by atoms with E-state index >= 15 is 0 Å². The van der Waals surface area contributed by atoms with E-state index in [4.69, 9.17) is 9.47 Å². The molecule has 0 aromatic heterocycles. The summed E-state index contributed by atoms with van der Waals surface area (Å²) in [5.74, 6) is 0.780. The lowest BCUT2D eigenvalue weighted by atomic mass is 9.81. The number of amides is 1. The van der Waals surface area contributed by atoms with Gasteiger partial charge in [0, 0.05) is 13.0 Å². The van der Waals surface area contributed by atoms with E-state index < -0.39 is 6.09 Å². The summed E-state index contributed by atoms with van der Waals surface area (Å²) in [4.78, 5) is 22.9. The fourth-order valence-corrected chi connectivity index (χ4v) is 2.60. The fraction of sp³-hybridized carbons (Fsp3) is 0.700. The van der Waals surface area contributed by atoms with Crippen molar-refractivity contribution in [1.29, 1.82) is 0 Å². The second kappa shape index (κ2) is 12.4. The van der Waals surface area contributed by atoms with E-state index in [0.717, 1.165) is 24.8 Å². The molecule has 0 bridgehead atoms. The van der Waals surface area contributed by atoms with Crippen LogP contribution in [0.2, 0.25) is 0 Å². The van der Waals surface area contributed by atoms with E-state index in [9.17, 15) is 9.59 Å². The van der Waals surface area contributed by atoms with Gasteiger partial charge >= 0.3 is 12.1 Å². The van der Waals surface area contributed by atoms with Crippen LogP contribution in [0.25, 0.3) is 0 Å². The summed E-state index contributed by atoms with van der Waals surface area (Å²) < 4.78 is 15.0. The van der Waals surface area contributed by atoms with Gasteiger partial charge in [0.2, 0.25) is 0 Å². The van der Waals surface area contributed by atoms with Crippen LogP contribution >= 0.6 is 0 Å². The van der Waals surface area contributed by atoms with Crippen LogP contribution in [-0.4, -0.2) is 38.9 Å². The van der Waals surface area contributed by atoms with Gasteiger partial charge < -0.3 is 19.5 Å². The van der Waals surface area contributed by atoms with Gasteiger partial charge in [-0.2, -0.15) is 0 Å². The molecule has 150 valence electrons. The van der Waals surface area contributed by atoms with Crippen LogP contribution in [0.4, 0.5) is 4.79 Å². The number of esters is 1. The largest absolute Gasteiger partial charge is 0.490 e. The Labute approximate surface area is 158 Å². The monoisotopic (exact) mass is 369 g/mol. The number of methoxy groups -OCH3 is 1. The average molecular weight is 370 g/mol. The van der Waals surface area contributed by atoms with Crippen LogP contribution in [-0.2, 0) is 19.0 Å². The standard InChI is InChI=1S/C20H35NO5/c1-15(2)17(4)25-11-12-26-19(23)21-14-20(5,6)13-16(3)9-8-10-18(22)24-7/h16H,1,4,8-14H2,2-3,5-7H3,(H,21,23). The zero-order chi connectivity index (χ0) is 20.2. The molecule has 6 heteroatoms. The third-order valence-electron chi connectivity index (χ3n) is 3.99. The molecule has 6 nitrogen and oxygen atoms in total. The quantitative estimate of drug-likeness (QED) is 0.228. The van der Waals surface area contributed by atoms with Crippen LogP contribution in [0, 0.1) is 11.3 Å². The van der Waals surface area contributed by atoms with Crippen molar-refractivity contribution in [3.63, 3.8) is 0 Å². The zero-order valence-electron chi connectivity index (χ0n) is 17.0. The Bertz CT molecular complexity index is 485. The summed E-state index contributed by atoms with van der Waals surface area (Å²) >= 11 is 0. The van der Waals surface area contributed by atoms with Crippen molar-refractivity contribution in [1.82, 2.24) is 5.32 Å². The Kier molecular flexibility index (Phi) is 11.4. The minimum atomic E-state index is -0.457. The van der Waals surface area contributed by atoms with Crippen molar-refractivity contribution in [2.45, 2.75) is 53.4 Å². The molecule has 0 radical (unpaired) electrons. The third-order valence-corrected chi connectivity index (χ3v) is 3.99. The highest BCUT2D eigenvalue weighted by Gasteiger charge is 2.22. The minimum Gasteiger partial charge on any atom is -0.490 e. The lowest BCUT2D eigenvalue weighted by Crippen LogP contribution is -2.35. The summed E-state index contributed by atoms with van der Waals surface area (Å²) in [7, 11) is 1.41. The fourth-order valence-electron chi connectivity index (χ4n) is 2.60. The number of rotatable bonds is 13. The predicted molar refractivity (Wildman–Crippen MR) is 103 cm³/mol. The first kappa shape index (κ1) is 24.0. The Balaban J connectivity index is 3.95. The SMILES string of the molecule is C=C(C)C(=C)OCCOC(=O)NCC(C)(C)CC(C)CCCC(=O)OC. The molecule has 0 aliphatic heterocycles. The molecule has 0 saturated heterocycles. The first-order chi connectivity index (χ1) is 12.1. The van der Waals surface area contributed by atoms with Crippen molar-refractivity contribution in [2.24, 2.45) is 11.3 Å². The number of carbonyl (C=O) groups is 2. The maximum absolute atomic E-state index is 11.8. The van der Waals surface area contributed by atoms with E-state index in [1.807, 2.05) is 0 Å². The van der Waals surface area contributed by atoms with Gasteiger partial charge in [0.1, 0.15) is 19.0 Å². The molecular weight excluding hydrogens is 334 g/mol. The molecule has 0 fully saturated rings. The molecule has 0 aromatic rings. The number of allylic oxidation sites excluding steroid dienone is 1. The average Bonchev–Trinajstić information content (AvgIpc) is 2.55. The van der Waals surface area contributed by atoms with E-state index in [1.165, 1.54) is 7.11 Å². The summed E-state index contributed by atoms with van der Waals surface area (Å²) in [6, 6.07) is 0. The maximum atomic E-state index is 11.8. The molecular formula is C20H35NO5. The third kappa shape index (κ3) is 12.4. The number of hydrogen-bond donors (Lipinski definition) is 1. The van der Waals surface area contributed by atoms with E-state index in [2.05, 4.69) is 44.0 Å². The highest BCUT2D eigenvalue weighted by atomic mass is 16.6. The Morgan fingerprint density at radius 3 is 2.35 bits per heavy atom. The summed E-state index contributed by atoms with van der Waals surface area (Å²) in [5, 5.41) is 2.79. The Hall–Kier alpha value is -1.98. The smallest absolute Gasteiger partial charge is 0.407 e. The van der Waals surface area contributed by atoms with Gasteiger partial charge in [-0.05, 0) is 36.7 Å². The first-order valence-electron chi connectivity index (χ1n) is 9.02. The lowest BCUT2D eigenvalue weighted by molar-refractivity contribution is -0.140. The minimum absolute atomic E-state index is 0.0611. The van der Waals surface area contributed by atoms with Crippen LogP contribution in [0.5, 0.6) is 0 Å². The molecule has 1 atom stereocenters. The lowest BCUT2D eigenvalue weighted by Gasteiger charge is -2.28. The van der Waals surface area contributed by atoms with Crippen molar-refractivity contribution in [2.75, 3.05) is 26.9 Å². The molecule has 0 spiro atoms. The number of nitrogens with one attached hydrogen (secondary N) is 1. The second-order valence-corrected chi connectivity index (χ2v) is 7.48. The summed E-state index contributed by atoms with van der Waals surface area (Å²) in [6.45, 7) is 16.5. The zero-order valence-corrected chi connectivity index (χ0v) is 17.0. The first-order valence-corrected chi connectivity index (χ1v) is 9.02. The van der Waals surface area contributed by atoms with Gasteiger partial charge in [0.05, 0.1) is 7.11 Å². The molecule has 0 aliphatic carbocycles.